The van der Waals surface area contributed by atoms with E-state index in [0.717, 1.165) is 49.5 Å². The molecular formula is C23H32N4O3S. The van der Waals surface area contributed by atoms with Crippen molar-refractivity contribution in [2.24, 2.45) is 0 Å². The monoisotopic (exact) mass is 444 g/mol. The summed E-state index contributed by atoms with van der Waals surface area (Å²) in [6.07, 6.45) is 3.26. The summed E-state index contributed by atoms with van der Waals surface area (Å²) in [5.74, 6) is 1.51. The molecule has 1 fully saturated rings. The maximum absolute atomic E-state index is 12.5. The Labute approximate surface area is 188 Å². The number of anilines is 1. The van der Waals surface area contributed by atoms with Crippen molar-refractivity contribution in [3.8, 4) is 0 Å². The van der Waals surface area contributed by atoms with Crippen molar-refractivity contribution >= 4 is 23.5 Å². The van der Waals surface area contributed by atoms with Gasteiger partial charge in [-0.25, -0.2) is 9.97 Å². The summed E-state index contributed by atoms with van der Waals surface area (Å²) in [6, 6.07) is 9.68. The van der Waals surface area contributed by atoms with Gasteiger partial charge in [-0.05, 0) is 37.0 Å². The predicted molar refractivity (Wildman–Crippen MR) is 124 cm³/mol. The fourth-order valence-corrected chi connectivity index (χ4v) is 4.27. The molecule has 1 aromatic heterocycles. The van der Waals surface area contributed by atoms with Gasteiger partial charge in [0.2, 0.25) is 0 Å². The minimum absolute atomic E-state index is 0.0656. The number of carbonyl (C=O) groups is 1. The first-order valence-electron chi connectivity index (χ1n) is 10.8. The van der Waals surface area contributed by atoms with Crippen LogP contribution in [0, 0.1) is 0 Å². The van der Waals surface area contributed by atoms with Gasteiger partial charge in [0.25, 0.3) is 5.91 Å². The molecule has 0 bridgehead atoms. The summed E-state index contributed by atoms with van der Waals surface area (Å²) in [6.45, 7) is 4.87. The number of amides is 1. The molecule has 1 aliphatic rings. The summed E-state index contributed by atoms with van der Waals surface area (Å²) in [5.41, 5.74) is 2.58. The van der Waals surface area contributed by atoms with Crippen LogP contribution < -0.4 is 10.2 Å². The first-order chi connectivity index (χ1) is 15.1. The highest BCUT2D eigenvalue weighted by Gasteiger charge is 2.17. The van der Waals surface area contributed by atoms with E-state index in [2.05, 4.69) is 22.1 Å². The Morgan fingerprint density at radius 1 is 1.35 bits per heavy atom. The zero-order chi connectivity index (χ0) is 22.1. The number of hydrogen-bond acceptors (Lipinski definition) is 7. The molecule has 1 aliphatic heterocycles. The summed E-state index contributed by atoms with van der Waals surface area (Å²) in [5, 5.41) is 3.69. The standard InChI is InChI=1S/C23H32N4O3S/c1-4-10-27(2)21-13-19(15-29-3)25-23(26-21)31-16-17-7-5-8-18(12-17)22(28)24-14-20-9-6-11-30-20/h5,7-8,12-13,20H,4,6,9-11,14-16H2,1-3H3,(H,24,28)/t20-/m1/s1. The molecule has 168 valence electrons. The van der Waals surface area contributed by atoms with Crippen LogP contribution in [-0.2, 0) is 21.8 Å². The normalized spacial score (nSPS) is 15.8. The lowest BCUT2D eigenvalue weighted by atomic mass is 10.1. The van der Waals surface area contributed by atoms with Crippen LogP contribution in [0.15, 0.2) is 35.5 Å². The van der Waals surface area contributed by atoms with Gasteiger partial charge in [0.05, 0.1) is 18.4 Å². The van der Waals surface area contributed by atoms with Crippen LogP contribution in [0.4, 0.5) is 5.82 Å². The van der Waals surface area contributed by atoms with Gasteiger partial charge in [0.1, 0.15) is 5.82 Å². The molecule has 0 spiro atoms. The van der Waals surface area contributed by atoms with Gasteiger partial charge in [0, 0.05) is 51.2 Å². The molecule has 0 saturated carbocycles. The number of hydrogen-bond donors (Lipinski definition) is 1. The number of ether oxygens (including phenoxy) is 2. The van der Waals surface area contributed by atoms with E-state index in [1.54, 1.807) is 18.9 Å². The van der Waals surface area contributed by atoms with E-state index in [0.29, 0.717) is 29.6 Å². The van der Waals surface area contributed by atoms with Crippen LogP contribution in [0.5, 0.6) is 0 Å². The van der Waals surface area contributed by atoms with Crippen molar-refractivity contribution in [2.75, 3.05) is 38.8 Å². The van der Waals surface area contributed by atoms with E-state index in [9.17, 15) is 4.79 Å². The molecular weight excluding hydrogens is 412 g/mol. The van der Waals surface area contributed by atoms with Gasteiger partial charge < -0.3 is 19.7 Å². The van der Waals surface area contributed by atoms with Crippen molar-refractivity contribution in [2.45, 2.75) is 49.8 Å². The molecule has 2 aromatic rings. The maximum Gasteiger partial charge on any atom is 0.251 e. The Morgan fingerprint density at radius 2 is 2.23 bits per heavy atom. The molecule has 8 heteroatoms. The fraction of sp³-hybridized carbons (Fsp3) is 0.522. The van der Waals surface area contributed by atoms with Gasteiger partial charge >= 0.3 is 0 Å². The smallest absolute Gasteiger partial charge is 0.251 e. The number of carbonyl (C=O) groups excluding carboxylic acids is 1. The third-order valence-corrected chi connectivity index (χ3v) is 5.98. The second-order valence-electron chi connectivity index (χ2n) is 7.69. The molecule has 31 heavy (non-hydrogen) atoms. The lowest BCUT2D eigenvalue weighted by molar-refractivity contribution is 0.0857. The van der Waals surface area contributed by atoms with E-state index >= 15 is 0 Å². The molecule has 1 aromatic carbocycles. The molecule has 0 aliphatic carbocycles. The molecule has 0 unspecified atom stereocenters. The lowest BCUT2D eigenvalue weighted by Gasteiger charge is -2.18. The molecule has 0 radical (unpaired) electrons. The minimum atomic E-state index is -0.0656. The Bertz CT molecular complexity index is 858. The van der Waals surface area contributed by atoms with E-state index in [1.165, 1.54) is 0 Å². The van der Waals surface area contributed by atoms with Crippen LogP contribution in [0.1, 0.15) is 47.8 Å². The van der Waals surface area contributed by atoms with Crippen molar-refractivity contribution < 1.29 is 14.3 Å². The first kappa shape index (κ1) is 23.5. The minimum Gasteiger partial charge on any atom is -0.378 e. The van der Waals surface area contributed by atoms with Crippen molar-refractivity contribution in [3.63, 3.8) is 0 Å². The number of nitrogens with zero attached hydrogens (tertiary/aromatic N) is 3. The number of rotatable bonds is 11. The van der Waals surface area contributed by atoms with Crippen LogP contribution >= 0.6 is 11.8 Å². The second kappa shape index (κ2) is 12.0. The summed E-state index contributed by atoms with van der Waals surface area (Å²) in [7, 11) is 3.70. The molecule has 2 heterocycles. The molecule has 1 atom stereocenters. The largest absolute Gasteiger partial charge is 0.378 e. The van der Waals surface area contributed by atoms with Gasteiger partial charge in [-0.2, -0.15) is 0 Å². The van der Waals surface area contributed by atoms with Gasteiger partial charge in [-0.15, -0.1) is 0 Å². The van der Waals surface area contributed by atoms with Crippen molar-refractivity contribution in [3.05, 3.63) is 47.2 Å². The highest BCUT2D eigenvalue weighted by Crippen LogP contribution is 2.23. The van der Waals surface area contributed by atoms with Gasteiger partial charge in [-0.1, -0.05) is 30.8 Å². The van der Waals surface area contributed by atoms with Crippen LogP contribution in [-0.4, -0.2) is 55.8 Å². The third kappa shape index (κ3) is 7.19. The summed E-state index contributed by atoms with van der Waals surface area (Å²) < 4.78 is 10.8. The first-order valence-corrected chi connectivity index (χ1v) is 11.8. The average molecular weight is 445 g/mol. The van der Waals surface area contributed by atoms with Crippen LogP contribution in [0.3, 0.4) is 0 Å². The van der Waals surface area contributed by atoms with Crippen LogP contribution in [0.2, 0.25) is 0 Å². The van der Waals surface area contributed by atoms with Crippen LogP contribution in [0.25, 0.3) is 0 Å². The Hall–Kier alpha value is -2.16. The maximum atomic E-state index is 12.5. The van der Waals surface area contributed by atoms with Crippen molar-refractivity contribution in [1.29, 1.82) is 0 Å². The lowest BCUT2D eigenvalue weighted by Crippen LogP contribution is -2.31. The summed E-state index contributed by atoms with van der Waals surface area (Å²) in [4.78, 5) is 24.0. The topological polar surface area (TPSA) is 76.6 Å². The summed E-state index contributed by atoms with van der Waals surface area (Å²) >= 11 is 1.56. The third-order valence-electron chi connectivity index (χ3n) is 5.06. The molecule has 7 nitrogen and oxygen atoms in total. The van der Waals surface area contributed by atoms with Crippen molar-refractivity contribution in [1.82, 2.24) is 15.3 Å². The SMILES string of the molecule is CCCN(C)c1cc(COC)nc(SCc2cccc(C(=O)NC[C@H]3CCCO3)c2)n1. The number of benzene rings is 1. The fourth-order valence-electron chi connectivity index (χ4n) is 3.46. The van der Waals surface area contributed by atoms with Gasteiger partial charge in [-0.3, -0.25) is 4.79 Å². The second-order valence-corrected chi connectivity index (χ2v) is 8.63. The predicted octanol–water partition coefficient (Wildman–Crippen LogP) is 3.67. The number of aromatic nitrogens is 2. The zero-order valence-corrected chi connectivity index (χ0v) is 19.4. The number of thioether (sulfide) groups is 1. The molecule has 1 saturated heterocycles. The van der Waals surface area contributed by atoms with Gasteiger partial charge in [0.15, 0.2) is 5.16 Å². The number of methoxy groups -OCH3 is 1. The molecule has 1 N–H and O–H groups in total. The van der Waals surface area contributed by atoms with E-state index in [4.69, 9.17) is 14.5 Å². The van der Waals surface area contributed by atoms with E-state index in [1.807, 2.05) is 37.4 Å². The highest BCUT2D eigenvalue weighted by molar-refractivity contribution is 7.98. The Morgan fingerprint density at radius 3 is 2.97 bits per heavy atom. The zero-order valence-electron chi connectivity index (χ0n) is 18.6. The Kier molecular flexibility index (Phi) is 9.12. The molecule has 1 amide bonds. The van der Waals surface area contributed by atoms with E-state index < -0.39 is 0 Å². The Balaban J connectivity index is 1.63. The number of nitrogens with one attached hydrogen (secondary N) is 1. The van der Waals surface area contributed by atoms with E-state index in [-0.39, 0.29) is 12.0 Å². The average Bonchev–Trinajstić information content (AvgIpc) is 3.30. The highest BCUT2D eigenvalue weighted by atomic mass is 32.2. The quantitative estimate of drug-likeness (QED) is 0.419. The molecule has 3 rings (SSSR count).